The molecule has 0 aliphatic rings. The minimum Gasteiger partial charge on any atom is -0.501 e. The molecule has 0 aliphatic carbocycles. The second-order valence-electron chi connectivity index (χ2n) is 2.57. The summed E-state index contributed by atoms with van der Waals surface area (Å²) in [5.74, 6) is 0. The van der Waals surface area contributed by atoms with Crippen LogP contribution in [0.4, 0.5) is 5.69 Å². The highest BCUT2D eigenvalue weighted by Gasteiger charge is 2.08. The monoisotopic (exact) mass is 193 g/mol. The molecule has 4 nitrogen and oxygen atoms in total. The number of benzene rings is 1. The number of nitro groups is 1. The first kappa shape index (κ1) is 10.2. The van der Waals surface area contributed by atoms with Gasteiger partial charge in [0.15, 0.2) is 0 Å². The van der Waals surface area contributed by atoms with Gasteiger partial charge in [-0.2, -0.15) is 0 Å². The first-order chi connectivity index (χ1) is 6.75. The zero-order valence-corrected chi connectivity index (χ0v) is 7.84. The van der Waals surface area contributed by atoms with E-state index in [1.807, 2.05) is 6.92 Å². The summed E-state index contributed by atoms with van der Waals surface area (Å²) in [6.45, 7) is 2.40. The van der Waals surface area contributed by atoms with Crippen LogP contribution in [0, 0.1) is 10.1 Å². The second kappa shape index (κ2) is 5.01. The predicted octanol–water partition coefficient (Wildman–Crippen LogP) is 2.60. The topological polar surface area (TPSA) is 52.4 Å². The van der Waals surface area contributed by atoms with Crippen molar-refractivity contribution in [1.82, 2.24) is 0 Å². The van der Waals surface area contributed by atoms with E-state index < -0.39 is 4.92 Å². The lowest BCUT2D eigenvalue weighted by molar-refractivity contribution is -0.385. The lowest BCUT2D eigenvalue weighted by Crippen LogP contribution is -1.90. The fourth-order valence-corrected chi connectivity index (χ4v) is 1.01. The highest BCUT2D eigenvalue weighted by atomic mass is 16.6. The van der Waals surface area contributed by atoms with Crippen LogP contribution in [0.5, 0.6) is 0 Å². The van der Waals surface area contributed by atoms with Crippen molar-refractivity contribution in [2.75, 3.05) is 6.61 Å². The van der Waals surface area contributed by atoms with E-state index in [2.05, 4.69) is 0 Å². The maximum absolute atomic E-state index is 10.6. The normalized spacial score (nSPS) is 10.4. The highest BCUT2D eigenvalue weighted by Crippen LogP contribution is 2.18. The van der Waals surface area contributed by atoms with Crippen molar-refractivity contribution >= 4 is 11.8 Å². The van der Waals surface area contributed by atoms with E-state index in [9.17, 15) is 10.1 Å². The number of para-hydroxylation sites is 1. The molecule has 0 spiro atoms. The molecule has 0 unspecified atom stereocenters. The third-order valence-electron chi connectivity index (χ3n) is 1.64. The molecule has 1 rings (SSSR count). The molecule has 1 aromatic carbocycles. The summed E-state index contributed by atoms with van der Waals surface area (Å²) in [6.07, 6.45) is 3.05. The Labute approximate surface area is 82.0 Å². The third kappa shape index (κ3) is 2.58. The van der Waals surface area contributed by atoms with Crippen LogP contribution in [0.3, 0.4) is 0 Å². The number of nitro benzene ring substituents is 1. The smallest absolute Gasteiger partial charge is 0.276 e. The first-order valence-corrected chi connectivity index (χ1v) is 4.27. The number of hydrogen-bond donors (Lipinski definition) is 0. The van der Waals surface area contributed by atoms with Gasteiger partial charge in [0.1, 0.15) is 0 Å². The van der Waals surface area contributed by atoms with Crippen LogP contribution in [-0.4, -0.2) is 11.5 Å². The number of rotatable bonds is 4. The molecule has 0 saturated carbocycles. The molecule has 0 saturated heterocycles. The average molecular weight is 193 g/mol. The van der Waals surface area contributed by atoms with Crippen molar-refractivity contribution in [2.24, 2.45) is 0 Å². The SMILES string of the molecule is CCO/C=C/c1ccccc1[N+](=O)[O-]. The lowest BCUT2D eigenvalue weighted by Gasteiger charge is -1.96. The summed E-state index contributed by atoms with van der Waals surface area (Å²) < 4.78 is 4.97. The van der Waals surface area contributed by atoms with E-state index in [1.165, 1.54) is 12.3 Å². The van der Waals surface area contributed by atoms with Crippen LogP contribution in [0.25, 0.3) is 6.08 Å². The second-order valence-corrected chi connectivity index (χ2v) is 2.57. The Morgan fingerprint density at radius 1 is 1.50 bits per heavy atom. The Bertz CT molecular complexity index is 347. The number of nitrogens with zero attached hydrogens (tertiary/aromatic N) is 1. The van der Waals surface area contributed by atoms with Gasteiger partial charge in [-0.05, 0) is 19.1 Å². The van der Waals surface area contributed by atoms with E-state index in [0.29, 0.717) is 12.2 Å². The Hall–Kier alpha value is -1.84. The first-order valence-electron chi connectivity index (χ1n) is 4.27. The lowest BCUT2D eigenvalue weighted by atomic mass is 10.2. The van der Waals surface area contributed by atoms with Gasteiger partial charge in [-0.25, -0.2) is 0 Å². The summed E-state index contributed by atoms with van der Waals surface area (Å²) in [7, 11) is 0. The average Bonchev–Trinajstić information content (AvgIpc) is 2.19. The van der Waals surface area contributed by atoms with Crippen LogP contribution < -0.4 is 0 Å². The number of ether oxygens (including phenoxy) is 1. The van der Waals surface area contributed by atoms with Crippen molar-refractivity contribution < 1.29 is 9.66 Å². The molecule has 0 amide bonds. The van der Waals surface area contributed by atoms with Crippen molar-refractivity contribution in [3.8, 4) is 0 Å². The van der Waals surface area contributed by atoms with Crippen LogP contribution >= 0.6 is 0 Å². The van der Waals surface area contributed by atoms with Crippen LogP contribution in [0.1, 0.15) is 12.5 Å². The van der Waals surface area contributed by atoms with Gasteiger partial charge in [-0.3, -0.25) is 10.1 Å². The quantitative estimate of drug-likeness (QED) is 0.419. The van der Waals surface area contributed by atoms with E-state index in [4.69, 9.17) is 4.74 Å². The molecule has 14 heavy (non-hydrogen) atoms. The van der Waals surface area contributed by atoms with E-state index in [1.54, 1.807) is 24.3 Å². The van der Waals surface area contributed by atoms with Crippen LogP contribution in [-0.2, 0) is 4.74 Å². The van der Waals surface area contributed by atoms with Gasteiger partial charge in [-0.15, -0.1) is 0 Å². The minimum atomic E-state index is -0.411. The molecule has 74 valence electrons. The molecule has 0 heterocycles. The molecule has 1 aromatic rings. The molecule has 0 radical (unpaired) electrons. The largest absolute Gasteiger partial charge is 0.501 e. The fraction of sp³-hybridized carbons (Fsp3) is 0.200. The standard InChI is InChI=1S/C10H11NO3/c1-2-14-8-7-9-5-3-4-6-10(9)11(12)13/h3-8H,2H2,1H3/b8-7+. The zero-order chi connectivity index (χ0) is 10.4. The van der Waals surface area contributed by atoms with Crippen LogP contribution in [0.2, 0.25) is 0 Å². The van der Waals surface area contributed by atoms with E-state index in [0.717, 1.165) is 0 Å². The van der Waals surface area contributed by atoms with Crippen molar-refractivity contribution in [1.29, 1.82) is 0 Å². The summed E-state index contributed by atoms with van der Waals surface area (Å²) in [4.78, 5) is 10.2. The zero-order valence-electron chi connectivity index (χ0n) is 7.84. The number of hydrogen-bond acceptors (Lipinski definition) is 3. The predicted molar refractivity (Wildman–Crippen MR) is 53.8 cm³/mol. The summed E-state index contributed by atoms with van der Waals surface area (Å²) in [5.41, 5.74) is 0.634. The Morgan fingerprint density at radius 2 is 2.21 bits per heavy atom. The van der Waals surface area contributed by atoms with Gasteiger partial charge in [0, 0.05) is 6.07 Å². The van der Waals surface area contributed by atoms with Crippen LogP contribution in [0.15, 0.2) is 30.5 Å². The van der Waals surface area contributed by atoms with Gasteiger partial charge in [0.2, 0.25) is 0 Å². The Balaban J connectivity index is 2.90. The molecule has 0 atom stereocenters. The van der Waals surface area contributed by atoms with E-state index >= 15 is 0 Å². The van der Waals surface area contributed by atoms with Gasteiger partial charge < -0.3 is 4.74 Å². The third-order valence-corrected chi connectivity index (χ3v) is 1.64. The van der Waals surface area contributed by atoms with Gasteiger partial charge in [0.25, 0.3) is 5.69 Å². The molecule has 0 N–H and O–H groups in total. The van der Waals surface area contributed by atoms with Crippen molar-refractivity contribution in [3.05, 3.63) is 46.2 Å². The van der Waals surface area contributed by atoms with Gasteiger partial charge in [-0.1, -0.05) is 12.1 Å². The summed E-state index contributed by atoms with van der Waals surface area (Å²) in [5, 5.41) is 10.6. The summed E-state index contributed by atoms with van der Waals surface area (Å²) in [6, 6.07) is 6.52. The molecule has 0 aliphatic heterocycles. The maximum Gasteiger partial charge on any atom is 0.276 e. The van der Waals surface area contributed by atoms with E-state index in [-0.39, 0.29) is 5.69 Å². The Kier molecular flexibility index (Phi) is 3.67. The van der Waals surface area contributed by atoms with Gasteiger partial charge >= 0.3 is 0 Å². The fourth-order valence-electron chi connectivity index (χ4n) is 1.01. The molecule has 4 heteroatoms. The molecular weight excluding hydrogens is 182 g/mol. The molecule has 0 fully saturated rings. The van der Waals surface area contributed by atoms with Gasteiger partial charge in [0.05, 0.1) is 23.4 Å². The summed E-state index contributed by atoms with van der Waals surface area (Å²) >= 11 is 0. The van der Waals surface area contributed by atoms with Crippen molar-refractivity contribution in [2.45, 2.75) is 6.92 Å². The Morgan fingerprint density at radius 3 is 2.86 bits per heavy atom. The van der Waals surface area contributed by atoms with Crippen molar-refractivity contribution in [3.63, 3.8) is 0 Å². The maximum atomic E-state index is 10.6. The molecule has 0 bridgehead atoms. The molecule has 0 aromatic heterocycles. The minimum absolute atomic E-state index is 0.0865. The molecular formula is C10H11NO3. The highest BCUT2D eigenvalue weighted by molar-refractivity contribution is 5.59.